The van der Waals surface area contributed by atoms with Gasteiger partial charge in [0.2, 0.25) is 0 Å². The van der Waals surface area contributed by atoms with Gasteiger partial charge in [0.15, 0.2) is 5.69 Å². The monoisotopic (exact) mass is 229 g/mol. The number of aromatic nitrogens is 2. The van der Waals surface area contributed by atoms with Crippen LogP contribution in [0.3, 0.4) is 0 Å². The summed E-state index contributed by atoms with van der Waals surface area (Å²) in [7, 11) is 0. The number of amides is 1. The molecule has 0 aliphatic heterocycles. The minimum Gasteiger partial charge on any atom is -0.481 e. The van der Waals surface area contributed by atoms with Crippen molar-refractivity contribution < 1.29 is 14.7 Å². The molecule has 0 aliphatic carbocycles. The van der Waals surface area contributed by atoms with E-state index in [0.29, 0.717) is 0 Å². The molecule has 1 rings (SSSR count). The molecule has 0 saturated carbocycles. The summed E-state index contributed by atoms with van der Waals surface area (Å²) in [5, 5.41) is 16.4. The molecular weight excluding hydrogens is 218 g/mol. The number of nitrogens with zero attached hydrogens (tertiary/aromatic N) is 2. The fourth-order valence-electron chi connectivity index (χ4n) is 0.883. The average Bonchev–Trinajstić information content (AvgIpc) is 2.68. The third-order valence-electron chi connectivity index (χ3n) is 2.09. The maximum Gasteiger partial charge on any atom is 0.308 e. The maximum absolute atomic E-state index is 11.4. The van der Waals surface area contributed by atoms with Crippen LogP contribution in [-0.4, -0.2) is 32.6 Å². The Morgan fingerprint density at radius 1 is 1.53 bits per heavy atom. The van der Waals surface area contributed by atoms with Gasteiger partial charge in [-0.15, -0.1) is 5.10 Å². The summed E-state index contributed by atoms with van der Waals surface area (Å²) in [5.74, 6) is -1.98. The second-order valence-corrected chi connectivity index (χ2v) is 3.79. The summed E-state index contributed by atoms with van der Waals surface area (Å²) in [6.45, 7) is 3.17. The van der Waals surface area contributed by atoms with Crippen LogP contribution in [0.5, 0.6) is 0 Å². The molecule has 0 bridgehead atoms. The topological polar surface area (TPSA) is 92.2 Å². The average molecular weight is 229 g/mol. The minimum absolute atomic E-state index is 0.212. The van der Waals surface area contributed by atoms with Crippen molar-refractivity contribution in [3.8, 4) is 0 Å². The fraction of sp³-hybridized carbons (Fsp3) is 0.500. The van der Waals surface area contributed by atoms with Gasteiger partial charge in [0.25, 0.3) is 5.91 Å². The van der Waals surface area contributed by atoms with Crippen LogP contribution in [0.15, 0.2) is 5.38 Å². The molecule has 0 spiro atoms. The van der Waals surface area contributed by atoms with E-state index in [4.69, 9.17) is 5.11 Å². The highest BCUT2D eigenvalue weighted by Crippen LogP contribution is 2.04. The van der Waals surface area contributed by atoms with Crippen LogP contribution in [0.2, 0.25) is 0 Å². The summed E-state index contributed by atoms with van der Waals surface area (Å²) in [6, 6.07) is -0.448. The Labute approximate surface area is 90.5 Å². The number of rotatable bonds is 4. The molecule has 2 unspecified atom stereocenters. The molecular formula is C8H11N3O3S. The first-order chi connectivity index (χ1) is 7.02. The largest absolute Gasteiger partial charge is 0.481 e. The Hall–Kier alpha value is -1.50. The molecule has 1 aromatic heterocycles. The number of carboxylic acid groups (broad SMARTS) is 1. The Balaban J connectivity index is 2.56. The maximum atomic E-state index is 11.4. The van der Waals surface area contributed by atoms with Crippen LogP contribution in [0.1, 0.15) is 24.3 Å². The SMILES string of the molecule is CC(NC(=O)c1csnn1)C(C)C(=O)O. The Kier molecular flexibility index (Phi) is 3.73. The number of aliphatic carboxylic acids is 1. The smallest absolute Gasteiger partial charge is 0.308 e. The predicted octanol–water partition coefficient (Wildman–Crippen LogP) is 0.377. The first-order valence-corrected chi connectivity index (χ1v) is 5.16. The summed E-state index contributed by atoms with van der Waals surface area (Å²) in [6.07, 6.45) is 0. The van der Waals surface area contributed by atoms with Crippen molar-refractivity contribution in [3.05, 3.63) is 11.1 Å². The van der Waals surface area contributed by atoms with Crippen LogP contribution in [0.4, 0.5) is 0 Å². The van der Waals surface area contributed by atoms with Gasteiger partial charge in [-0.1, -0.05) is 4.49 Å². The van der Waals surface area contributed by atoms with Crippen molar-refractivity contribution in [3.63, 3.8) is 0 Å². The normalized spacial score (nSPS) is 14.3. The van der Waals surface area contributed by atoms with Crippen LogP contribution in [0.25, 0.3) is 0 Å². The van der Waals surface area contributed by atoms with E-state index >= 15 is 0 Å². The molecule has 82 valence electrons. The zero-order chi connectivity index (χ0) is 11.4. The number of carboxylic acids is 1. The minimum atomic E-state index is -0.945. The molecule has 1 heterocycles. The third kappa shape index (κ3) is 2.98. The Morgan fingerprint density at radius 3 is 2.67 bits per heavy atom. The zero-order valence-corrected chi connectivity index (χ0v) is 9.11. The van der Waals surface area contributed by atoms with Crippen LogP contribution in [-0.2, 0) is 4.79 Å². The van der Waals surface area contributed by atoms with E-state index < -0.39 is 23.8 Å². The lowest BCUT2D eigenvalue weighted by Crippen LogP contribution is -2.40. The molecule has 6 nitrogen and oxygen atoms in total. The summed E-state index contributed by atoms with van der Waals surface area (Å²) >= 11 is 1.07. The van der Waals surface area contributed by atoms with Gasteiger partial charge in [-0.05, 0) is 25.4 Å². The van der Waals surface area contributed by atoms with Crippen molar-refractivity contribution in [1.82, 2.24) is 14.9 Å². The highest BCUT2D eigenvalue weighted by molar-refractivity contribution is 7.03. The first kappa shape index (κ1) is 11.6. The molecule has 0 fully saturated rings. The lowest BCUT2D eigenvalue weighted by molar-refractivity contribution is -0.141. The Bertz CT molecular complexity index is 352. The highest BCUT2D eigenvalue weighted by Gasteiger charge is 2.22. The van der Waals surface area contributed by atoms with Crippen molar-refractivity contribution in [2.24, 2.45) is 5.92 Å². The molecule has 0 aliphatic rings. The third-order valence-corrected chi connectivity index (χ3v) is 2.60. The van der Waals surface area contributed by atoms with Gasteiger partial charge >= 0.3 is 5.97 Å². The predicted molar refractivity (Wildman–Crippen MR) is 53.6 cm³/mol. The lowest BCUT2D eigenvalue weighted by atomic mass is 10.0. The van der Waals surface area contributed by atoms with Gasteiger partial charge in [-0.3, -0.25) is 9.59 Å². The van der Waals surface area contributed by atoms with E-state index in [0.717, 1.165) is 11.5 Å². The van der Waals surface area contributed by atoms with Crippen LogP contribution < -0.4 is 5.32 Å². The number of hydrogen-bond donors (Lipinski definition) is 2. The van der Waals surface area contributed by atoms with E-state index in [2.05, 4.69) is 14.9 Å². The zero-order valence-electron chi connectivity index (χ0n) is 8.30. The van der Waals surface area contributed by atoms with Gasteiger partial charge < -0.3 is 10.4 Å². The summed E-state index contributed by atoms with van der Waals surface area (Å²) in [5.41, 5.74) is 0.212. The standard InChI is InChI=1S/C8H11N3O3S/c1-4(8(13)14)5(2)9-7(12)6-3-15-11-10-6/h3-5H,1-2H3,(H,9,12)(H,13,14). The lowest BCUT2D eigenvalue weighted by Gasteiger charge is -2.16. The number of hydrogen-bond acceptors (Lipinski definition) is 5. The van der Waals surface area contributed by atoms with E-state index in [1.807, 2.05) is 0 Å². The van der Waals surface area contributed by atoms with Crippen LogP contribution in [0, 0.1) is 5.92 Å². The second kappa shape index (κ2) is 4.83. The van der Waals surface area contributed by atoms with Crippen molar-refractivity contribution in [1.29, 1.82) is 0 Å². The van der Waals surface area contributed by atoms with Gasteiger partial charge in [0, 0.05) is 11.4 Å². The van der Waals surface area contributed by atoms with Crippen molar-refractivity contribution >= 4 is 23.4 Å². The molecule has 0 aromatic carbocycles. The second-order valence-electron chi connectivity index (χ2n) is 3.18. The molecule has 2 atom stereocenters. The molecule has 1 aromatic rings. The quantitative estimate of drug-likeness (QED) is 0.778. The van der Waals surface area contributed by atoms with Gasteiger partial charge in [0.1, 0.15) is 0 Å². The molecule has 0 saturated heterocycles. The number of nitrogens with one attached hydrogen (secondary N) is 1. The molecule has 0 radical (unpaired) electrons. The number of carbonyl (C=O) groups excluding carboxylic acids is 1. The van der Waals surface area contributed by atoms with Gasteiger partial charge in [-0.2, -0.15) is 0 Å². The van der Waals surface area contributed by atoms with Gasteiger partial charge in [-0.25, -0.2) is 0 Å². The molecule has 15 heavy (non-hydrogen) atoms. The van der Waals surface area contributed by atoms with E-state index in [1.54, 1.807) is 6.92 Å². The molecule has 2 N–H and O–H groups in total. The fourth-order valence-corrected chi connectivity index (χ4v) is 1.32. The van der Waals surface area contributed by atoms with E-state index in [9.17, 15) is 9.59 Å². The first-order valence-electron chi connectivity index (χ1n) is 4.33. The molecule has 7 heteroatoms. The molecule has 1 amide bonds. The van der Waals surface area contributed by atoms with Crippen molar-refractivity contribution in [2.45, 2.75) is 19.9 Å². The van der Waals surface area contributed by atoms with Crippen molar-refractivity contribution in [2.75, 3.05) is 0 Å². The Morgan fingerprint density at radius 2 is 2.20 bits per heavy atom. The summed E-state index contributed by atoms with van der Waals surface area (Å²) < 4.78 is 3.55. The van der Waals surface area contributed by atoms with E-state index in [-0.39, 0.29) is 5.69 Å². The van der Waals surface area contributed by atoms with Crippen LogP contribution >= 0.6 is 11.5 Å². The van der Waals surface area contributed by atoms with Gasteiger partial charge in [0.05, 0.1) is 5.92 Å². The highest BCUT2D eigenvalue weighted by atomic mass is 32.1. The van der Waals surface area contributed by atoms with E-state index in [1.165, 1.54) is 12.3 Å². The number of carbonyl (C=O) groups is 2. The summed E-state index contributed by atoms with van der Waals surface area (Å²) in [4.78, 5) is 22.1.